The summed E-state index contributed by atoms with van der Waals surface area (Å²) in [4.78, 5) is 22.8. The summed E-state index contributed by atoms with van der Waals surface area (Å²) in [6, 6.07) is 8.12. The number of amides is 1. The molecule has 1 amide bonds. The molecule has 0 saturated heterocycles. The Morgan fingerprint density at radius 2 is 2.00 bits per heavy atom. The van der Waals surface area contributed by atoms with Crippen molar-refractivity contribution in [3.8, 4) is 0 Å². The number of aromatic nitrogens is 1. The van der Waals surface area contributed by atoms with Crippen LogP contribution in [-0.2, 0) is 21.2 Å². The summed E-state index contributed by atoms with van der Waals surface area (Å²) in [6.07, 6.45) is 9.35. The average molecular weight is 586 g/mol. The maximum atomic E-state index is 12.8. The van der Waals surface area contributed by atoms with Gasteiger partial charge in [-0.1, -0.05) is 0 Å². The Hall–Kier alpha value is -1.89. The molecule has 0 saturated carbocycles. The van der Waals surface area contributed by atoms with Crippen LogP contribution in [0.15, 0.2) is 51.7 Å². The van der Waals surface area contributed by atoms with Gasteiger partial charge in [-0.15, -0.1) is 0 Å². The van der Waals surface area contributed by atoms with E-state index in [0.29, 0.717) is 10.8 Å². The summed E-state index contributed by atoms with van der Waals surface area (Å²) in [6.45, 7) is 2.51. The zero-order valence-corrected chi connectivity index (χ0v) is 22.0. The van der Waals surface area contributed by atoms with Gasteiger partial charge in [0.15, 0.2) is 0 Å². The fourth-order valence-electron chi connectivity index (χ4n) is 2.90. The Labute approximate surface area is 203 Å². The van der Waals surface area contributed by atoms with Crippen LogP contribution in [0, 0.1) is 6.92 Å². The van der Waals surface area contributed by atoms with Crippen molar-refractivity contribution in [1.29, 1.82) is 0 Å². The molecule has 1 aromatic carbocycles. The van der Waals surface area contributed by atoms with E-state index < -0.39 is 10.0 Å². The average Bonchev–Trinajstić information content (AvgIpc) is 3.20. The monoisotopic (exact) mass is 585 g/mol. The molecule has 0 aliphatic carbocycles. The topological polar surface area (TPSA) is 91.7 Å². The van der Waals surface area contributed by atoms with Gasteiger partial charge in [-0.2, -0.15) is 0 Å². The van der Waals surface area contributed by atoms with Crippen molar-refractivity contribution in [2.24, 2.45) is 4.99 Å². The summed E-state index contributed by atoms with van der Waals surface area (Å²) in [5.41, 5.74) is 2.48. The van der Waals surface area contributed by atoms with E-state index in [1.165, 1.54) is 25.5 Å². The van der Waals surface area contributed by atoms with Crippen molar-refractivity contribution in [3.63, 3.8) is 0 Å². The van der Waals surface area contributed by atoms with Gasteiger partial charge in [-0.25, -0.2) is 13.1 Å². The fourth-order valence-corrected chi connectivity index (χ4v) is 7.78. The van der Waals surface area contributed by atoms with E-state index in [1.807, 2.05) is 30.5 Å². The minimum atomic E-state index is -3.60. The number of likely N-dealkylation sites (N-methyl/N-ethyl adjacent to an activating group) is 1. The Morgan fingerprint density at radius 3 is 2.72 bits per heavy atom. The number of benzene rings is 1. The van der Waals surface area contributed by atoms with E-state index >= 15 is 0 Å². The van der Waals surface area contributed by atoms with Crippen LogP contribution in [-0.4, -0.2) is 50.6 Å². The zero-order valence-electron chi connectivity index (χ0n) is 18.2. The third-order valence-electron chi connectivity index (χ3n) is 4.71. The number of nitrogens with one attached hydrogen (secondary N) is 1. The second-order valence-electron chi connectivity index (χ2n) is 7.03. The Balaban J connectivity index is 1.70. The number of carbonyl (C=O) groups is 1. The van der Waals surface area contributed by atoms with E-state index in [0.717, 1.165) is 29.9 Å². The number of halogens is 1. The normalized spacial score (nSPS) is 17.7. The number of rotatable bonds is 6. The second kappa shape index (κ2) is 11.3. The molecule has 3 rings (SSSR count). The van der Waals surface area contributed by atoms with Crippen molar-refractivity contribution in [2.75, 3.05) is 30.0 Å². The SMILES string of the molecule is CNS(=O)(=O)c1sc(N(C)C(=O)Cc2ccc(/C3=C/C=C\C=NCCC[I-]3)cc2)nc1C. The van der Waals surface area contributed by atoms with Crippen LogP contribution in [0.1, 0.15) is 23.2 Å². The molecule has 2 aromatic rings. The first-order chi connectivity index (χ1) is 15.3. The Morgan fingerprint density at radius 1 is 1.25 bits per heavy atom. The van der Waals surface area contributed by atoms with E-state index in [9.17, 15) is 13.2 Å². The minimum absolute atomic E-state index is 0.0861. The number of thiazole rings is 1. The van der Waals surface area contributed by atoms with Gasteiger partial charge in [0, 0.05) is 0 Å². The second-order valence-corrected chi connectivity index (χ2v) is 13.1. The van der Waals surface area contributed by atoms with E-state index in [2.05, 4.69) is 32.9 Å². The summed E-state index contributed by atoms with van der Waals surface area (Å²) in [7, 11) is -0.621. The summed E-state index contributed by atoms with van der Waals surface area (Å²) >= 11 is 0.904. The third-order valence-corrected chi connectivity index (χ3v) is 11.1. The summed E-state index contributed by atoms with van der Waals surface area (Å²) < 4.78 is 29.2. The van der Waals surface area contributed by atoms with E-state index in [1.54, 1.807) is 14.0 Å². The zero-order chi connectivity index (χ0) is 23.1. The van der Waals surface area contributed by atoms with Crippen molar-refractivity contribution >= 4 is 42.2 Å². The number of hydrogen-bond acceptors (Lipinski definition) is 6. The number of hydrogen-bond donors (Lipinski definition) is 1. The number of sulfonamides is 1. The number of aliphatic imine (C=N–C) groups is 1. The third kappa shape index (κ3) is 6.33. The van der Waals surface area contributed by atoms with Crippen LogP contribution < -0.4 is 30.8 Å². The molecular weight excluding hydrogens is 559 g/mol. The molecule has 0 bridgehead atoms. The van der Waals surface area contributed by atoms with Crippen molar-refractivity contribution < 1.29 is 34.4 Å². The number of alkyl halides is 1. The quantitative estimate of drug-likeness (QED) is 0.383. The van der Waals surface area contributed by atoms with E-state index in [4.69, 9.17) is 0 Å². The van der Waals surface area contributed by atoms with Gasteiger partial charge in [0.2, 0.25) is 0 Å². The molecule has 1 aliphatic heterocycles. The molecule has 0 radical (unpaired) electrons. The molecule has 0 spiro atoms. The standard InChI is InChI=1S/C22H26IN4O3S2/c1-16-21(32(29,30)24-2)31-22(26-16)27(3)20(28)15-17-8-10-18(11-9-17)19-7-4-5-13-25-14-6-12-23-19/h4-5,7-11,13,24H,6,12,14-15H2,1-3H3/q-1/b5-4-,19-7-,25-13?. The number of anilines is 1. The molecule has 0 fully saturated rings. The van der Waals surface area contributed by atoms with Gasteiger partial charge in [-0.05, 0) is 7.05 Å². The molecule has 1 N–H and O–H groups in total. The van der Waals surface area contributed by atoms with Crippen LogP contribution in [0.2, 0.25) is 0 Å². The molecule has 0 atom stereocenters. The van der Waals surface area contributed by atoms with Gasteiger partial charge in [0.05, 0.1) is 0 Å². The molecule has 7 nitrogen and oxygen atoms in total. The maximum absolute atomic E-state index is 12.8. The molecule has 2 heterocycles. The molecular formula is C22H26IN4O3S2-. The first-order valence-corrected chi connectivity index (χ1v) is 14.9. The van der Waals surface area contributed by atoms with Crippen LogP contribution in [0.25, 0.3) is 3.58 Å². The van der Waals surface area contributed by atoms with Crippen LogP contribution >= 0.6 is 11.3 Å². The van der Waals surface area contributed by atoms with E-state index in [-0.39, 0.29) is 37.7 Å². The van der Waals surface area contributed by atoms with Gasteiger partial charge >= 0.3 is 184 Å². The summed E-state index contributed by atoms with van der Waals surface area (Å²) in [5, 5.41) is 0.365. The van der Waals surface area contributed by atoms with Crippen LogP contribution in [0.5, 0.6) is 0 Å². The number of carbonyl (C=O) groups excluding carboxylic acids is 1. The molecule has 10 heteroatoms. The summed E-state index contributed by atoms with van der Waals surface area (Å²) in [5.74, 6) is -0.146. The van der Waals surface area contributed by atoms with Gasteiger partial charge < -0.3 is 0 Å². The van der Waals surface area contributed by atoms with Crippen molar-refractivity contribution in [1.82, 2.24) is 9.71 Å². The fraction of sp³-hybridized carbons (Fsp3) is 0.318. The predicted molar refractivity (Wildman–Crippen MR) is 127 cm³/mol. The van der Waals surface area contributed by atoms with Gasteiger partial charge in [-0.3, -0.25) is 0 Å². The number of aryl methyl sites for hydroxylation is 1. The van der Waals surface area contributed by atoms with Crippen molar-refractivity contribution in [3.05, 3.63) is 59.3 Å². The number of nitrogens with zero attached hydrogens (tertiary/aromatic N) is 3. The van der Waals surface area contributed by atoms with Gasteiger partial charge in [0.1, 0.15) is 0 Å². The van der Waals surface area contributed by atoms with Crippen LogP contribution in [0.4, 0.5) is 5.13 Å². The Kier molecular flexibility index (Phi) is 8.74. The van der Waals surface area contributed by atoms with Crippen molar-refractivity contribution in [2.45, 2.75) is 24.0 Å². The molecule has 32 heavy (non-hydrogen) atoms. The molecule has 1 aliphatic rings. The van der Waals surface area contributed by atoms with Crippen LogP contribution in [0.3, 0.4) is 0 Å². The number of allylic oxidation sites excluding steroid dienone is 3. The van der Waals surface area contributed by atoms with Gasteiger partial charge in [0.25, 0.3) is 0 Å². The molecule has 1 aromatic heterocycles. The first kappa shape index (κ1) is 24.7. The first-order valence-electron chi connectivity index (χ1n) is 10.0. The molecule has 0 unspecified atom stereocenters. The Bertz CT molecular complexity index is 1150. The predicted octanol–water partition coefficient (Wildman–Crippen LogP) is 0.0257. The molecule has 172 valence electrons.